The van der Waals surface area contributed by atoms with Gasteiger partial charge in [0.25, 0.3) is 0 Å². The lowest BCUT2D eigenvalue weighted by Crippen LogP contribution is -2.44. The minimum atomic E-state index is 0.509. The van der Waals surface area contributed by atoms with Gasteiger partial charge in [0.15, 0.2) is 17.3 Å². The first-order valence-electron chi connectivity index (χ1n) is 9.38. The minimum absolute atomic E-state index is 0.509. The van der Waals surface area contributed by atoms with Crippen molar-refractivity contribution in [1.29, 1.82) is 0 Å². The van der Waals surface area contributed by atoms with Crippen LogP contribution in [-0.4, -0.2) is 57.5 Å². The fourth-order valence-corrected chi connectivity index (χ4v) is 3.69. The Labute approximate surface area is 174 Å². The zero-order chi connectivity index (χ0) is 20.4. The van der Waals surface area contributed by atoms with E-state index in [1.165, 1.54) is 0 Å². The molecule has 1 aliphatic heterocycles. The van der Waals surface area contributed by atoms with Gasteiger partial charge in [-0.15, -0.1) is 0 Å². The Hall–Kier alpha value is -2.77. The fraction of sp³-hybridized carbons (Fsp3) is 0.333. The summed E-state index contributed by atoms with van der Waals surface area (Å²) in [4.78, 5) is 12.0. The Morgan fingerprint density at radius 3 is 2.24 bits per heavy atom. The molecule has 0 amide bonds. The molecule has 152 valence electrons. The Bertz CT molecular complexity index is 1020. The van der Waals surface area contributed by atoms with Crippen molar-refractivity contribution in [3.05, 3.63) is 35.4 Å². The van der Waals surface area contributed by atoms with E-state index in [9.17, 15) is 0 Å². The minimum Gasteiger partial charge on any atom is -0.493 e. The van der Waals surface area contributed by atoms with E-state index in [1.807, 2.05) is 30.3 Å². The summed E-state index contributed by atoms with van der Waals surface area (Å²) in [5.74, 6) is 3.07. The molecule has 2 heterocycles. The van der Waals surface area contributed by atoms with E-state index in [1.54, 1.807) is 21.3 Å². The monoisotopic (exact) mass is 414 g/mol. The van der Waals surface area contributed by atoms with Gasteiger partial charge in [-0.05, 0) is 30.3 Å². The lowest BCUT2D eigenvalue weighted by molar-refractivity contribution is 0.327. The van der Waals surface area contributed by atoms with Crippen LogP contribution in [0.2, 0.25) is 5.02 Å². The van der Waals surface area contributed by atoms with Crippen molar-refractivity contribution >= 4 is 28.3 Å². The normalized spacial score (nSPS) is 14.1. The number of piperazine rings is 1. The van der Waals surface area contributed by atoms with Gasteiger partial charge < -0.3 is 24.4 Å². The van der Waals surface area contributed by atoms with Crippen molar-refractivity contribution in [2.24, 2.45) is 0 Å². The molecule has 0 saturated carbocycles. The second kappa shape index (κ2) is 8.31. The molecule has 3 aromatic rings. The first-order valence-corrected chi connectivity index (χ1v) is 9.76. The van der Waals surface area contributed by atoms with Crippen molar-refractivity contribution < 1.29 is 14.2 Å². The molecule has 1 aliphatic rings. The van der Waals surface area contributed by atoms with Crippen molar-refractivity contribution in [1.82, 2.24) is 15.3 Å². The average Bonchev–Trinajstić information content (AvgIpc) is 2.78. The van der Waals surface area contributed by atoms with Gasteiger partial charge in [-0.2, -0.15) is 0 Å². The van der Waals surface area contributed by atoms with Crippen LogP contribution in [0.4, 0.5) is 5.82 Å². The van der Waals surface area contributed by atoms with Gasteiger partial charge in [0.1, 0.15) is 11.3 Å². The van der Waals surface area contributed by atoms with Crippen molar-refractivity contribution in [3.8, 4) is 28.6 Å². The summed E-state index contributed by atoms with van der Waals surface area (Å²) in [6.45, 7) is 3.49. The van der Waals surface area contributed by atoms with E-state index in [0.717, 1.165) is 42.9 Å². The van der Waals surface area contributed by atoms with Crippen LogP contribution in [0.5, 0.6) is 17.2 Å². The van der Waals surface area contributed by atoms with Gasteiger partial charge in [0.05, 0.1) is 26.7 Å². The van der Waals surface area contributed by atoms with Gasteiger partial charge in [0.2, 0.25) is 5.75 Å². The van der Waals surface area contributed by atoms with Crippen LogP contribution in [0.15, 0.2) is 30.3 Å². The molecule has 2 aromatic carbocycles. The first-order chi connectivity index (χ1) is 14.2. The number of nitrogens with one attached hydrogen (secondary N) is 1. The van der Waals surface area contributed by atoms with E-state index < -0.39 is 0 Å². The van der Waals surface area contributed by atoms with Crippen LogP contribution in [0.1, 0.15) is 0 Å². The molecule has 0 unspecified atom stereocenters. The Kier molecular flexibility index (Phi) is 5.60. The van der Waals surface area contributed by atoms with Crippen molar-refractivity contribution in [2.75, 3.05) is 52.4 Å². The molecule has 0 bridgehead atoms. The third kappa shape index (κ3) is 3.63. The number of anilines is 1. The van der Waals surface area contributed by atoms with Gasteiger partial charge in [-0.25, -0.2) is 9.97 Å². The summed E-state index contributed by atoms with van der Waals surface area (Å²) >= 11 is 6.06. The Morgan fingerprint density at radius 1 is 0.931 bits per heavy atom. The standard InChI is InChI=1S/C21H23ClN4O3/c1-27-16-12-15-17(19(29-3)18(16)28-2)24-20(13-4-6-14(22)7-5-13)25-21(15)26-10-8-23-9-11-26/h4-7,12,23H,8-11H2,1-3H3. The van der Waals surface area contributed by atoms with Crippen LogP contribution < -0.4 is 24.4 Å². The number of fused-ring (bicyclic) bond motifs is 1. The van der Waals surface area contributed by atoms with E-state index in [-0.39, 0.29) is 0 Å². The van der Waals surface area contributed by atoms with Gasteiger partial charge in [0, 0.05) is 36.8 Å². The summed E-state index contributed by atoms with van der Waals surface area (Å²) in [6.07, 6.45) is 0. The number of benzene rings is 2. The van der Waals surface area contributed by atoms with Crippen LogP contribution in [0.3, 0.4) is 0 Å². The summed E-state index contributed by atoms with van der Waals surface area (Å²) in [5.41, 5.74) is 1.56. The number of ether oxygens (including phenoxy) is 3. The predicted molar refractivity (Wildman–Crippen MR) is 115 cm³/mol. The molecule has 7 nitrogen and oxygen atoms in total. The van der Waals surface area contributed by atoms with Crippen molar-refractivity contribution in [2.45, 2.75) is 0 Å². The Morgan fingerprint density at radius 2 is 1.62 bits per heavy atom. The zero-order valence-electron chi connectivity index (χ0n) is 16.7. The van der Waals surface area contributed by atoms with Crippen LogP contribution in [0.25, 0.3) is 22.3 Å². The third-order valence-corrected chi connectivity index (χ3v) is 5.25. The predicted octanol–water partition coefficient (Wildman–Crippen LogP) is 3.39. The maximum atomic E-state index is 6.06. The highest BCUT2D eigenvalue weighted by molar-refractivity contribution is 6.30. The fourth-order valence-electron chi connectivity index (χ4n) is 3.56. The summed E-state index contributed by atoms with van der Waals surface area (Å²) in [6, 6.07) is 9.41. The highest BCUT2D eigenvalue weighted by Gasteiger charge is 2.24. The molecular weight excluding hydrogens is 392 g/mol. The number of halogens is 1. The maximum Gasteiger partial charge on any atom is 0.205 e. The van der Waals surface area contributed by atoms with Crippen molar-refractivity contribution in [3.63, 3.8) is 0 Å². The number of methoxy groups -OCH3 is 3. The highest BCUT2D eigenvalue weighted by Crippen LogP contribution is 2.45. The number of aromatic nitrogens is 2. The molecule has 1 aromatic heterocycles. The first kappa shape index (κ1) is 19.5. The molecule has 4 rings (SSSR count). The molecule has 0 radical (unpaired) electrons. The molecule has 1 fully saturated rings. The molecule has 0 spiro atoms. The van der Waals surface area contributed by atoms with Crippen LogP contribution in [0, 0.1) is 0 Å². The SMILES string of the molecule is COc1cc2c(N3CCNCC3)nc(-c3ccc(Cl)cc3)nc2c(OC)c1OC. The molecule has 1 N–H and O–H groups in total. The molecule has 8 heteroatoms. The third-order valence-electron chi connectivity index (χ3n) is 4.99. The van der Waals surface area contributed by atoms with Crippen LogP contribution in [-0.2, 0) is 0 Å². The molecule has 0 aliphatic carbocycles. The van der Waals surface area contributed by atoms with E-state index in [0.29, 0.717) is 33.6 Å². The second-order valence-electron chi connectivity index (χ2n) is 6.66. The average molecular weight is 415 g/mol. The largest absolute Gasteiger partial charge is 0.493 e. The van der Waals surface area contributed by atoms with Gasteiger partial charge in [-0.3, -0.25) is 0 Å². The van der Waals surface area contributed by atoms with Gasteiger partial charge in [-0.1, -0.05) is 11.6 Å². The number of rotatable bonds is 5. The van der Waals surface area contributed by atoms with E-state index in [4.69, 9.17) is 35.8 Å². The highest BCUT2D eigenvalue weighted by atomic mass is 35.5. The molecule has 29 heavy (non-hydrogen) atoms. The summed E-state index contributed by atoms with van der Waals surface area (Å²) in [7, 11) is 4.80. The van der Waals surface area contributed by atoms with Gasteiger partial charge >= 0.3 is 0 Å². The smallest absolute Gasteiger partial charge is 0.205 e. The lowest BCUT2D eigenvalue weighted by atomic mass is 10.1. The number of hydrogen-bond donors (Lipinski definition) is 1. The molecule has 0 atom stereocenters. The Balaban J connectivity index is 2.01. The van der Waals surface area contributed by atoms with Crippen LogP contribution >= 0.6 is 11.6 Å². The molecule has 1 saturated heterocycles. The molecular formula is C21H23ClN4O3. The van der Waals surface area contributed by atoms with E-state index in [2.05, 4.69) is 10.2 Å². The maximum absolute atomic E-state index is 6.06. The quantitative estimate of drug-likeness (QED) is 0.686. The topological polar surface area (TPSA) is 68.7 Å². The zero-order valence-corrected chi connectivity index (χ0v) is 17.4. The summed E-state index contributed by atoms with van der Waals surface area (Å²) < 4.78 is 16.8. The lowest BCUT2D eigenvalue weighted by Gasteiger charge is -2.30. The van der Waals surface area contributed by atoms with E-state index >= 15 is 0 Å². The number of hydrogen-bond acceptors (Lipinski definition) is 7. The summed E-state index contributed by atoms with van der Waals surface area (Å²) in [5, 5.41) is 4.91. The number of nitrogens with zero attached hydrogens (tertiary/aromatic N) is 3. The second-order valence-corrected chi connectivity index (χ2v) is 7.09.